The molecule has 0 saturated heterocycles. The van der Waals surface area contributed by atoms with E-state index in [2.05, 4.69) is 4.98 Å². The summed E-state index contributed by atoms with van der Waals surface area (Å²) in [6.07, 6.45) is 1.83. The van der Waals surface area contributed by atoms with E-state index in [-0.39, 0.29) is 17.4 Å². The molecule has 1 aromatic carbocycles. The minimum Gasteiger partial charge on any atom is -0.494 e. The highest BCUT2D eigenvalue weighted by molar-refractivity contribution is 6.06. The largest absolute Gasteiger partial charge is 0.494 e. The molecule has 5 nitrogen and oxygen atoms in total. The van der Waals surface area contributed by atoms with Crippen molar-refractivity contribution in [3.05, 3.63) is 57.9 Å². The number of aromatic nitrogens is 1. The molecule has 1 aliphatic heterocycles. The number of rotatable bonds is 1. The van der Waals surface area contributed by atoms with Crippen molar-refractivity contribution >= 4 is 11.6 Å². The number of amides is 1. The van der Waals surface area contributed by atoms with Crippen LogP contribution in [-0.2, 0) is 6.42 Å². The molecule has 3 rings (SSSR count). The molecule has 5 heteroatoms. The second-order valence-corrected chi connectivity index (χ2v) is 4.81. The number of aryl methyl sites for hydroxylation is 1. The summed E-state index contributed by atoms with van der Waals surface area (Å²) in [7, 11) is 0. The molecule has 1 amide bonds. The lowest BCUT2D eigenvalue weighted by Crippen LogP contribution is -2.35. The number of H-pyrrole nitrogens is 1. The molecule has 20 heavy (non-hydrogen) atoms. The number of aromatic amines is 1. The number of nitrogens with zero attached hydrogens (tertiary/aromatic N) is 1. The van der Waals surface area contributed by atoms with Gasteiger partial charge in [-0.25, -0.2) is 0 Å². The summed E-state index contributed by atoms with van der Waals surface area (Å²) in [5.74, 6) is -0.565. The van der Waals surface area contributed by atoms with Crippen LogP contribution in [0.5, 0.6) is 5.88 Å². The summed E-state index contributed by atoms with van der Waals surface area (Å²) in [5, 5.41) is 9.41. The quantitative estimate of drug-likeness (QED) is 0.828. The van der Waals surface area contributed by atoms with E-state index in [4.69, 9.17) is 0 Å². The highest BCUT2D eigenvalue weighted by atomic mass is 16.3. The Kier molecular flexibility index (Phi) is 3.02. The zero-order chi connectivity index (χ0) is 14.1. The Labute approximate surface area is 115 Å². The first-order chi connectivity index (χ1) is 9.65. The van der Waals surface area contributed by atoms with Gasteiger partial charge in [-0.05, 0) is 24.5 Å². The summed E-state index contributed by atoms with van der Waals surface area (Å²) in [6.45, 7) is 0.614. The van der Waals surface area contributed by atoms with Crippen LogP contribution in [0.15, 0.2) is 41.2 Å². The number of aromatic hydroxyl groups is 1. The zero-order valence-corrected chi connectivity index (χ0v) is 10.8. The highest BCUT2D eigenvalue weighted by Crippen LogP contribution is 2.28. The van der Waals surface area contributed by atoms with Crippen molar-refractivity contribution in [2.24, 2.45) is 0 Å². The zero-order valence-electron chi connectivity index (χ0n) is 10.8. The Balaban J connectivity index is 2.01. The van der Waals surface area contributed by atoms with E-state index in [0.717, 1.165) is 24.1 Å². The Morgan fingerprint density at radius 1 is 1.25 bits per heavy atom. The number of hydrogen-bond donors (Lipinski definition) is 2. The van der Waals surface area contributed by atoms with Crippen molar-refractivity contribution in [3.63, 3.8) is 0 Å². The van der Waals surface area contributed by atoms with Gasteiger partial charge in [0, 0.05) is 24.4 Å². The van der Waals surface area contributed by atoms with Crippen LogP contribution in [0.3, 0.4) is 0 Å². The third-order valence-electron chi connectivity index (χ3n) is 3.43. The second-order valence-electron chi connectivity index (χ2n) is 4.81. The van der Waals surface area contributed by atoms with Crippen molar-refractivity contribution in [2.45, 2.75) is 12.8 Å². The summed E-state index contributed by atoms with van der Waals surface area (Å²) in [5.41, 5.74) is 1.71. The normalized spacial score (nSPS) is 13.9. The van der Waals surface area contributed by atoms with Crippen molar-refractivity contribution in [1.29, 1.82) is 0 Å². The number of benzene rings is 1. The third-order valence-corrected chi connectivity index (χ3v) is 3.43. The smallest absolute Gasteiger partial charge is 0.258 e. The molecule has 2 aromatic rings. The van der Waals surface area contributed by atoms with Crippen LogP contribution in [0, 0.1) is 0 Å². The first kappa shape index (κ1) is 12.5. The lowest BCUT2D eigenvalue weighted by Gasteiger charge is -2.29. The summed E-state index contributed by atoms with van der Waals surface area (Å²) in [6, 6.07) is 10.2. The third kappa shape index (κ3) is 2.18. The standard InChI is InChI=1S/C15H14N2O3/c18-13-8-11(9-14(19)16-13)15(20)17-7-3-5-10-4-1-2-6-12(10)17/h1-2,4,6,8-9H,3,5,7H2,(H2,16,18,19). The van der Waals surface area contributed by atoms with Crippen LogP contribution in [0.25, 0.3) is 0 Å². The van der Waals surface area contributed by atoms with Crippen molar-refractivity contribution in [2.75, 3.05) is 11.4 Å². The van der Waals surface area contributed by atoms with Gasteiger partial charge >= 0.3 is 0 Å². The topological polar surface area (TPSA) is 73.4 Å². The molecule has 2 heterocycles. The van der Waals surface area contributed by atoms with E-state index in [1.165, 1.54) is 12.1 Å². The molecular weight excluding hydrogens is 256 g/mol. The van der Waals surface area contributed by atoms with Crippen LogP contribution in [0.4, 0.5) is 5.69 Å². The number of hydrogen-bond acceptors (Lipinski definition) is 3. The van der Waals surface area contributed by atoms with Gasteiger partial charge in [-0.2, -0.15) is 0 Å². The van der Waals surface area contributed by atoms with Crippen LogP contribution < -0.4 is 10.5 Å². The molecule has 0 atom stereocenters. The van der Waals surface area contributed by atoms with Gasteiger partial charge in [0.1, 0.15) is 0 Å². The predicted octanol–water partition coefficient (Wildman–Crippen LogP) is 1.67. The van der Waals surface area contributed by atoms with Gasteiger partial charge in [-0.1, -0.05) is 18.2 Å². The highest BCUT2D eigenvalue weighted by Gasteiger charge is 2.23. The lowest BCUT2D eigenvalue weighted by atomic mass is 10.0. The molecule has 0 aliphatic carbocycles. The molecule has 0 spiro atoms. The van der Waals surface area contributed by atoms with Gasteiger partial charge in [0.25, 0.3) is 11.5 Å². The number of para-hydroxylation sites is 1. The number of pyridine rings is 1. The second kappa shape index (κ2) is 4.85. The van der Waals surface area contributed by atoms with Crippen molar-refractivity contribution in [1.82, 2.24) is 4.98 Å². The first-order valence-electron chi connectivity index (χ1n) is 6.48. The molecule has 0 unspecified atom stereocenters. The number of carbonyl (C=O) groups excluding carboxylic acids is 1. The van der Waals surface area contributed by atoms with E-state index < -0.39 is 5.56 Å². The number of anilines is 1. The molecule has 0 saturated carbocycles. The maximum Gasteiger partial charge on any atom is 0.258 e. The van der Waals surface area contributed by atoms with Crippen molar-refractivity contribution in [3.8, 4) is 5.88 Å². The lowest BCUT2D eigenvalue weighted by molar-refractivity contribution is 0.0984. The van der Waals surface area contributed by atoms with Gasteiger partial charge in [0.15, 0.2) is 5.88 Å². The molecule has 0 fully saturated rings. The monoisotopic (exact) mass is 270 g/mol. The van der Waals surface area contributed by atoms with E-state index in [0.29, 0.717) is 6.54 Å². The molecule has 102 valence electrons. The molecule has 2 N–H and O–H groups in total. The summed E-state index contributed by atoms with van der Waals surface area (Å²) < 4.78 is 0. The van der Waals surface area contributed by atoms with Crippen LogP contribution >= 0.6 is 0 Å². The maximum absolute atomic E-state index is 12.5. The Morgan fingerprint density at radius 2 is 2.05 bits per heavy atom. The van der Waals surface area contributed by atoms with Crippen LogP contribution in [0.2, 0.25) is 0 Å². The van der Waals surface area contributed by atoms with Gasteiger partial charge in [-0.15, -0.1) is 0 Å². The molecular formula is C15H14N2O3. The van der Waals surface area contributed by atoms with Crippen molar-refractivity contribution < 1.29 is 9.90 Å². The van der Waals surface area contributed by atoms with Crippen LogP contribution in [0.1, 0.15) is 22.3 Å². The summed E-state index contributed by atoms with van der Waals surface area (Å²) in [4.78, 5) is 27.8. The molecule has 0 bridgehead atoms. The molecule has 1 aromatic heterocycles. The number of fused-ring (bicyclic) bond motifs is 1. The van der Waals surface area contributed by atoms with E-state index in [1.807, 2.05) is 24.3 Å². The Hall–Kier alpha value is -2.56. The van der Waals surface area contributed by atoms with Gasteiger partial charge in [0.05, 0.1) is 5.56 Å². The summed E-state index contributed by atoms with van der Waals surface area (Å²) >= 11 is 0. The SMILES string of the molecule is O=C(c1cc(O)[nH]c(=O)c1)N1CCCc2ccccc21. The predicted molar refractivity (Wildman–Crippen MR) is 75.2 cm³/mol. The van der Waals surface area contributed by atoms with E-state index in [9.17, 15) is 14.7 Å². The fourth-order valence-corrected chi connectivity index (χ4v) is 2.55. The van der Waals surface area contributed by atoms with E-state index in [1.54, 1.807) is 4.90 Å². The maximum atomic E-state index is 12.5. The first-order valence-corrected chi connectivity index (χ1v) is 6.48. The average molecular weight is 270 g/mol. The van der Waals surface area contributed by atoms with Gasteiger partial charge in [-0.3, -0.25) is 14.6 Å². The minimum atomic E-state index is -0.487. The molecule has 1 aliphatic rings. The number of nitrogens with one attached hydrogen (secondary N) is 1. The minimum absolute atomic E-state index is 0.197. The van der Waals surface area contributed by atoms with E-state index >= 15 is 0 Å². The van der Waals surface area contributed by atoms with Gasteiger partial charge in [0.2, 0.25) is 0 Å². The van der Waals surface area contributed by atoms with Crippen LogP contribution in [-0.4, -0.2) is 22.5 Å². The van der Waals surface area contributed by atoms with Gasteiger partial charge < -0.3 is 10.0 Å². The number of carbonyl (C=O) groups is 1. The molecule has 0 radical (unpaired) electrons. The fourth-order valence-electron chi connectivity index (χ4n) is 2.55. The Morgan fingerprint density at radius 3 is 2.85 bits per heavy atom. The average Bonchev–Trinajstić information content (AvgIpc) is 2.45. The Bertz CT molecular complexity index is 721. The fraction of sp³-hybridized carbons (Fsp3) is 0.200.